The first-order valence-electron chi connectivity index (χ1n) is 8.30. The lowest BCUT2D eigenvalue weighted by Crippen LogP contribution is -2.39. The molecule has 1 aliphatic heterocycles. The number of benzene rings is 2. The van der Waals surface area contributed by atoms with Gasteiger partial charge in [-0.2, -0.15) is 4.31 Å². The monoisotopic (exact) mass is 357 g/mol. The van der Waals surface area contributed by atoms with Crippen LogP contribution in [-0.2, 0) is 10.0 Å². The zero-order valence-corrected chi connectivity index (χ0v) is 15.4. The van der Waals surface area contributed by atoms with Gasteiger partial charge in [-0.25, -0.2) is 8.42 Å². The van der Waals surface area contributed by atoms with Crippen molar-refractivity contribution in [3.05, 3.63) is 71.8 Å². The van der Waals surface area contributed by atoms with Crippen molar-refractivity contribution in [3.63, 3.8) is 0 Å². The average Bonchev–Trinajstić information content (AvgIpc) is 2.62. The third-order valence-corrected chi connectivity index (χ3v) is 6.62. The molecule has 25 heavy (non-hydrogen) atoms. The van der Waals surface area contributed by atoms with Gasteiger partial charge in [0.15, 0.2) is 0 Å². The second-order valence-corrected chi connectivity index (χ2v) is 8.35. The van der Waals surface area contributed by atoms with Crippen molar-refractivity contribution in [2.24, 2.45) is 0 Å². The fraction of sp³-hybridized carbons (Fsp3) is 0.300. The van der Waals surface area contributed by atoms with Crippen LogP contribution in [0.2, 0.25) is 0 Å². The quantitative estimate of drug-likeness (QED) is 0.783. The molecule has 4 nitrogen and oxygen atoms in total. The molecule has 0 radical (unpaired) electrons. The molecule has 1 atom stereocenters. The number of ether oxygens (including phenoxy) is 1. The lowest BCUT2D eigenvalue weighted by atomic mass is 9.88. The number of rotatable bonds is 4. The summed E-state index contributed by atoms with van der Waals surface area (Å²) < 4.78 is 32.7. The number of aryl methyl sites for hydroxylation is 1. The lowest BCUT2D eigenvalue weighted by molar-refractivity contribution is 0.363. The summed E-state index contributed by atoms with van der Waals surface area (Å²) in [7, 11) is -1.86. The third kappa shape index (κ3) is 3.62. The normalized spacial score (nSPS) is 19.0. The standard InChI is InChI=1S/C20H23NO3S/c1-15-4-10-19(11-5-15)25(22,23)21-13-12-16(2)20(14-21)17-6-8-18(24-3)9-7-17/h4-11,20H,2,12-14H2,1,3H3. The maximum Gasteiger partial charge on any atom is 0.243 e. The van der Waals surface area contributed by atoms with Crippen molar-refractivity contribution >= 4 is 10.0 Å². The lowest BCUT2D eigenvalue weighted by Gasteiger charge is -2.34. The number of hydrogen-bond acceptors (Lipinski definition) is 3. The predicted octanol–water partition coefficient (Wildman–Crippen LogP) is 3.74. The van der Waals surface area contributed by atoms with Gasteiger partial charge < -0.3 is 4.74 Å². The van der Waals surface area contributed by atoms with E-state index in [1.807, 2.05) is 43.3 Å². The van der Waals surface area contributed by atoms with Crippen LogP contribution in [0.1, 0.15) is 23.5 Å². The summed E-state index contributed by atoms with van der Waals surface area (Å²) in [5, 5.41) is 0. The van der Waals surface area contributed by atoms with Gasteiger partial charge in [0.05, 0.1) is 12.0 Å². The van der Waals surface area contributed by atoms with Crippen molar-refractivity contribution in [1.82, 2.24) is 4.31 Å². The van der Waals surface area contributed by atoms with Crippen LogP contribution in [0.15, 0.2) is 65.6 Å². The van der Waals surface area contributed by atoms with Crippen LogP contribution < -0.4 is 4.74 Å². The Hall–Kier alpha value is -2.11. The molecule has 1 heterocycles. The summed E-state index contributed by atoms with van der Waals surface area (Å²) in [4.78, 5) is 0.346. The van der Waals surface area contributed by atoms with Crippen molar-refractivity contribution in [3.8, 4) is 5.75 Å². The maximum atomic E-state index is 13.0. The van der Waals surface area contributed by atoms with Gasteiger partial charge in [0.2, 0.25) is 10.0 Å². The molecule has 1 fully saturated rings. The summed E-state index contributed by atoms with van der Waals surface area (Å²) in [6, 6.07) is 14.8. The molecule has 0 N–H and O–H groups in total. The molecule has 1 saturated heterocycles. The largest absolute Gasteiger partial charge is 0.497 e. The Balaban J connectivity index is 1.86. The summed E-state index contributed by atoms with van der Waals surface area (Å²) in [5.41, 5.74) is 3.18. The molecule has 0 spiro atoms. The average molecular weight is 357 g/mol. The predicted molar refractivity (Wildman–Crippen MR) is 99.4 cm³/mol. The van der Waals surface area contributed by atoms with E-state index in [0.717, 1.165) is 22.4 Å². The summed E-state index contributed by atoms with van der Waals surface area (Å²) in [6.07, 6.45) is 0.668. The number of piperidine rings is 1. The van der Waals surface area contributed by atoms with E-state index in [4.69, 9.17) is 4.74 Å². The van der Waals surface area contributed by atoms with Gasteiger partial charge in [-0.1, -0.05) is 42.0 Å². The molecule has 3 rings (SSSR count). The Morgan fingerprint density at radius 2 is 1.72 bits per heavy atom. The van der Waals surface area contributed by atoms with E-state index in [1.165, 1.54) is 0 Å². The minimum Gasteiger partial charge on any atom is -0.497 e. The van der Waals surface area contributed by atoms with E-state index in [0.29, 0.717) is 24.4 Å². The highest BCUT2D eigenvalue weighted by atomic mass is 32.2. The Bertz CT molecular complexity index is 855. The van der Waals surface area contributed by atoms with E-state index < -0.39 is 10.0 Å². The van der Waals surface area contributed by atoms with Crippen LogP contribution in [0.5, 0.6) is 5.75 Å². The number of hydrogen-bond donors (Lipinski definition) is 0. The van der Waals surface area contributed by atoms with Crippen molar-refractivity contribution in [2.75, 3.05) is 20.2 Å². The zero-order valence-electron chi connectivity index (χ0n) is 14.6. The molecular weight excluding hydrogens is 334 g/mol. The second kappa shape index (κ2) is 7.02. The molecule has 1 aliphatic rings. The van der Waals surface area contributed by atoms with Gasteiger partial charge in [-0.15, -0.1) is 0 Å². The highest BCUT2D eigenvalue weighted by Crippen LogP contribution is 2.34. The van der Waals surface area contributed by atoms with Gasteiger partial charge in [0.25, 0.3) is 0 Å². The summed E-state index contributed by atoms with van der Waals surface area (Å²) >= 11 is 0. The van der Waals surface area contributed by atoms with E-state index in [9.17, 15) is 8.42 Å². The van der Waals surface area contributed by atoms with Gasteiger partial charge in [0.1, 0.15) is 5.75 Å². The van der Waals surface area contributed by atoms with Crippen LogP contribution in [-0.4, -0.2) is 32.9 Å². The molecule has 2 aromatic carbocycles. The molecule has 0 saturated carbocycles. The van der Waals surface area contributed by atoms with Crippen LogP contribution in [0.3, 0.4) is 0 Å². The smallest absolute Gasteiger partial charge is 0.243 e. The first kappa shape index (κ1) is 17.7. The fourth-order valence-electron chi connectivity index (χ4n) is 3.12. The van der Waals surface area contributed by atoms with Gasteiger partial charge in [-0.05, 0) is 43.2 Å². The third-order valence-electron chi connectivity index (χ3n) is 4.74. The Labute approximate surface area is 149 Å². The second-order valence-electron chi connectivity index (χ2n) is 6.41. The Kier molecular flexibility index (Phi) is 4.97. The van der Waals surface area contributed by atoms with Crippen molar-refractivity contribution in [2.45, 2.75) is 24.2 Å². The molecule has 0 amide bonds. The molecule has 132 valence electrons. The molecule has 1 unspecified atom stereocenters. The van der Waals surface area contributed by atoms with E-state index in [2.05, 4.69) is 6.58 Å². The molecule has 0 aliphatic carbocycles. The highest BCUT2D eigenvalue weighted by molar-refractivity contribution is 7.89. The first-order valence-corrected chi connectivity index (χ1v) is 9.74. The Morgan fingerprint density at radius 3 is 2.32 bits per heavy atom. The first-order chi connectivity index (χ1) is 11.9. The number of methoxy groups -OCH3 is 1. The van der Waals surface area contributed by atoms with Gasteiger partial charge in [0, 0.05) is 19.0 Å². The van der Waals surface area contributed by atoms with Crippen LogP contribution in [0.4, 0.5) is 0 Å². The van der Waals surface area contributed by atoms with Gasteiger partial charge >= 0.3 is 0 Å². The van der Waals surface area contributed by atoms with Crippen molar-refractivity contribution in [1.29, 1.82) is 0 Å². The molecule has 5 heteroatoms. The molecule has 0 bridgehead atoms. The molecule has 2 aromatic rings. The summed E-state index contributed by atoms with van der Waals surface area (Å²) in [5.74, 6) is 0.786. The summed E-state index contributed by atoms with van der Waals surface area (Å²) in [6.45, 7) is 7.00. The van der Waals surface area contributed by atoms with E-state index in [1.54, 1.807) is 23.5 Å². The zero-order chi connectivity index (χ0) is 18.0. The number of sulfonamides is 1. The maximum absolute atomic E-state index is 13.0. The topological polar surface area (TPSA) is 46.6 Å². The highest BCUT2D eigenvalue weighted by Gasteiger charge is 2.32. The SMILES string of the molecule is C=C1CCN(S(=O)(=O)c2ccc(C)cc2)CC1c1ccc(OC)cc1. The van der Waals surface area contributed by atoms with Crippen LogP contribution >= 0.6 is 0 Å². The minimum atomic E-state index is -3.49. The molecular formula is C20H23NO3S. The van der Waals surface area contributed by atoms with Crippen LogP contribution in [0.25, 0.3) is 0 Å². The van der Waals surface area contributed by atoms with Crippen molar-refractivity contribution < 1.29 is 13.2 Å². The Morgan fingerprint density at radius 1 is 1.08 bits per heavy atom. The van der Waals surface area contributed by atoms with E-state index >= 15 is 0 Å². The van der Waals surface area contributed by atoms with Crippen LogP contribution in [0, 0.1) is 6.92 Å². The fourth-order valence-corrected chi connectivity index (χ4v) is 4.58. The minimum absolute atomic E-state index is 0.000112. The number of nitrogens with zero attached hydrogens (tertiary/aromatic N) is 1. The van der Waals surface area contributed by atoms with Gasteiger partial charge in [-0.3, -0.25) is 0 Å². The molecule has 0 aromatic heterocycles. The van der Waals surface area contributed by atoms with E-state index in [-0.39, 0.29) is 5.92 Å².